The topological polar surface area (TPSA) is 35.8 Å². The van der Waals surface area contributed by atoms with Crippen molar-refractivity contribution in [2.24, 2.45) is 5.41 Å². The van der Waals surface area contributed by atoms with Gasteiger partial charge < -0.3 is 5.32 Å². The van der Waals surface area contributed by atoms with Gasteiger partial charge in [0.15, 0.2) is 0 Å². The number of hydrogen-bond donors (Lipinski definition) is 1. The second kappa shape index (κ2) is 4.89. The summed E-state index contributed by atoms with van der Waals surface area (Å²) in [6, 6.07) is 11.2. The smallest absolute Gasteiger partial charge is 0.0697 e. The number of benzene rings is 1. The molecule has 2 nitrogen and oxygen atoms in total. The monoisotopic (exact) mass is 228 g/mol. The summed E-state index contributed by atoms with van der Waals surface area (Å²) in [4.78, 5) is 0. The fourth-order valence-corrected chi connectivity index (χ4v) is 1.88. The first kappa shape index (κ1) is 12.1. The lowest BCUT2D eigenvalue weighted by Crippen LogP contribution is -2.27. The van der Waals surface area contributed by atoms with E-state index < -0.39 is 0 Å². The number of nitriles is 1. The van der Waals surface area contributed by atoms with Crippen molar-refractivity contribution in [3.8, 4) is 6.07 Å². The third kappa shape index (κ3) is 3.57. The van der Waals surface area contributed by atoms with Crippen LogP contribution in [0.15, 0.2) is 24.3 Å². The van der Waals surface area contributed by atoms with E-state index in [2.05, 4.69) is 35.7 Å². The summed E-state index contributed by atoms with van der Waals surface area (Å²) in [7, 11) is 0. The van der Waals surface area contributed by atoms with Crippen LogP contribution in [0.5, 0.6) is 0 Å². The molecule has 0 aromatic heterocycles. The Balaban J connectivity index is 1.81. The second-order valence-electron chi connectivity index (χ2n) is 5.62. The molecule has 2 rings (SSSR count). The molecule has 0 radical (unpaired) electrons. The normalized spacial score (nSPS) is 15.6. The van der Waals surface area contributed by atoms with Crippen molar-refractivity contribution in [1.82, 2.24) is 5.32 Å². The van der Waals surface area contributed by atoms with Crippen molar-refractivity contribution in [2.45, 2.75) is 39.2 Å². The Kier molecular flexibility index (Phi) is 3.49. The fourth-order valence-electron chi connectivity index (χ4n) is 1.88. The minimum absolute atomic E-state index is 0.284. The molecule has 0 heterocycles. The Bertz CT molecular complexity index is 408. The molecule has 90 valence electrons. The summed E-state index contributed by atoms with van der Waals surface area (Å²) in [6.07, 6.45) is 2.71. The van der Waals surface area contributed by atoms with Crippen LogP contribution in [0, 0.1) is 16.7 Å². The summed E-state index contributed by atoms with van der Waals surface area (Å²) in [5.41, 5.74) is 2.49. The Morgan fingerprint density at radius 2 is 1.94 bits per heavy atom. The SMILES string of the molecule is CC(C)(C#N)CNCc1ccc(C2CC2)cc1. The zero-order chi connectivity index (χ0) is 12.3. The third-order valence-electron chi connectivity index (χ3n) is 3.23. The fraction of sp³-hybridized carbons (Fsp3) is 0.533. The van der Waals surface area contributed by atoms with Gasteiger partial charge in [0.25, 0.3) is 0 Å². The van der Waals surface area contributed by atoms with Crippen molar-refractivity contribution in [1.29, 1.82) is 5.26 Å². The minimum Gasteiger partial charge on any atom is -0.311 e. The molecule has 1 saturated carbocycles. The quantitative estimate of drug-likeness (QED) is 0.840. The molecular weight excluding hydrogens is 208 g/mol. The van der Waals surface area contributed by atoms with Crippen LogP contribution < -0.4 is 5.32 Å². The van der Waals surface area contributed by atoms with Crippen LogP contribution in [0.4, 0.5) is 0 Å². The molecule has 1 aromatic carbocycles. The highest BCUT2D eigenvalue weighted by atomic mass is 14.9. The first-order valence-corrected chi connectivity index (χ1v) is 6.31. The van der Waals surface area contributed by atoms with E-state index in [1.54, 1.807) is 0 Å². The predicted molar refractivity (Wildman–Crippen MR) is 69.5 cm³/mol. The Hall–Kier alpha value is -1.33. The van der Waals surface area contributed by atoms with Gasteiger partial charge >= 0.3 is 0 Å². The average Bonchev–Trinajstić information content (AvgIpc) is 3.14. The summed E-state index contributed by atoms with van der Waals surface area (Å²) < 4.78 is 0. The number of nitrogens with zero attached hydrogens (tertiary/aromatic N) is 1. The van der Waals surface area contributed by atoms with E-state index in [-0.39, 0.29) is 5.41 Å². The van der Waals surface area contributed by atoms with E-state index in [9.17, 15) is 0 Å². The van der Waals surface area contributed by atoms with Crippen molar-refractivity contribution in [3.63, 3.8) is 0 Å². The van der Waals surface area contributed by atoms with Gasteiger partial charge in [-0.2, -0.15) is 5.26 Å². The highest BCUT2D eigenvalue weighted by Crippen LogP contribution is 2.39. The standard InChI is InChI=1S/C15H20N2/c1-15(2,10-16)11-17-9-12-3-5-13(6-4-12)14-7-8-14/h3-6,14,17H,7-9,11H2,1-2H3. The highest BCUT2D eigenvalue weighted by Gasteiger charge is 2.22. The summed E-state index contributed by atoms with van der Waals surface area (Å²) in [5, 5.41) is 12.2. The summed E-state index contributed by atoms with van der Waals surface area (Å²) in [5.74, 6) is 0.828. The predicted octanol–water partition coefficient (Wildman–Crippen LogP) is 3.20. The lowest BCUT2D eigenvalue weighted by atomic mass is 9.96. The van der Waals surface area contributed by atoms with Gasteiger partial charge in [-0.1, -0.05) is 24.3 Å². The van der Waals surface area contributed by atoms with Crippen molar-refractivity contribution >= 4 is 0 Å². The molecule has 17 heavy (non-hydrogen) atoms. The molecule has 1 N–H and O–H groups in total. The minimum atomic E-state index is -0.284. The van der Waals surface area contributed by atoms with E-state index in [4.69, 9.17) is 5.26 Å². The lowest BCUT2D eigenvalue weighted by molar-refractivity contribution is 0.445. The van der Waals surface area contributed by atoms with Crippen molar-refractivity contribution in [2.75, 3.05) is 6.54 Å². The van der Waals surface area contributed by atoms with E-state index in [1.165, 1.54) is 24.0 Å². The molecule has 0 saturated heterocycles. The van der Waals surface area contributed by atoms with Gasteiger partial charge in [0.1, 0.15) is 0 Å². The molecule has 0 amide bonds. The van der Waals surface area contributed by atoms with E-state index in [1.807, 2.05) is 13.8 Å². The van der Waals surface area contributed by atoms with Gasteiger partial charge in [0, 0.05) is 13.1 Å². The largest absolute Gasteiger partial charge is 0.311 e. The number of rotatable bonds is 5. The number of nitrogens with one attached hydrogen (secondary N) is 1. The number of hydrogen-bond acceptors (Lipinski definition) is 2. The molecule has 0 spiro atoms. The molecule has 0 aliphatic heterocycles. The van der Waals surface area contributed by atoms with Gasteiger partial charge in [-0.15, -0.1) is 0 Å². The Labute approximate surface area is 104 Å². The van der Waals surface area contributed by atoms with E-state index >= 15 is 0 Å². The van der Waals surface area contributed by atoms with Crippen LogP contribution in [-0.2, 0) is 6.54 Å². The zero-order valence-electron chi connectivity index (χ0n) is 10.7. The third-order valence-corrected chi connectivity index (χ3v) is 3.23. The van der Waals surface area contributed by atoms with Gasteiger partial charge in [0.2, 0.25) is 0 Å². The molecule has 1 aliphatic rings. The van der Waals surface area contributed by atoms with E-state index in [0.717, 1.165) is 19.0 Å². The molecule has 1 fully saturated rings. The van der Waals surface area contributed by atoms with Crippen LogP contribution in [0.1, 0.15) is 43.7 Å². The van der Waals surface area contributed by atoms with E-state index in [0.29, 0.717) is 0 Å². The van der Waals surface area contributed by atoms with Crippen LogP contribution in [0.2, 0.25) is 0 Å². The maximum atomic E-state index is 8.91. The second-order valence-corrected chi connectivity index (χ2v) is 5.62. The molecule has 1 aromatic rings. The van der Waals surface area contributed by atoms with Crippen LogP contribution in [-0.4, -0.2) is 6.54 Å². The van der Waals surface area contributed by atoms with Gasteiger partial charge in [0.05, 0.1) is 11.5 Å². The first-order valence-electron chi connectivity index (χ1n) is 6.31. The lowest BCUT2D eigenvalue weighted by Gasteiger charge is -2.15. The Morgan fingerprint density at radius 1 is 1.29 bits per heavy atom. The maximum absolute atomic E-state index is 8.91. The highest BCUT2D eigenvalue weighted by molar-refractivity contribution is 5.27. The molecule has 0 atom stereocenters. The molecule has 0 bridgehead atoms. The first-order chi connectivity index (χ1) is 8.11. The summed E-state index contributed by atoms with van der Waals surface area (Å²) >= 11 is 0. The van der Waals surface area contributed by atoms with Crippen LogP contribution >= 0.6 is 0 Å². The maximum Gasteiger partial charge on any atom is 0.0697 e. The molecule has 1 aliphatic carbocycles. The van der Waals surface area contributed by atoms with Gasteiger partial charge in [-0.25, -0.2) is 0 Å². The van der Waals surface area contributed by atoms with Crippen LogP contribution in [0.3, 0.4) is 0 Å². The summed E-state index contributed by atoms with van der Waals surface area (Å²) in [6.45, 7) is 5.48. The van der Waals surface area contributed by atoms with Crippen LogP contribution in [0.25, 0.3) is 0 Å². The van der Waals surface area contributed by atoms with Crippen molar-refractivity contribution < 1.29 is 0 Å². The van der Waals surface area contributed by atoms with Gasteiger partial charge in [-0.3, -0.25) is 0 Å². The average molecular weight is 228 g/mol. The zero-order valence-corrected chi connectivity index (χ0v) is 10.7. The molecule has 0 unspecified atom stereocenters. The molecular formula is C15H20N2. The Morgan fingerprint density at radius 3 is 2.47 bits per heavy atom. The molecule has 2 heteroatoms. The van der Waals surface area contributed by atoms with Crippen molar-refractivity contribution in [3.05, 3.63) is 35.4 Å². The van der Waals surface area contributed by atoms with Gasteiger partial charge in [-0.05, 0) is 43.7 Å².